The molecule has 3 aliphatic rings. The number of nitrogens with zero attached hydrogens (tertiary/aromatic N) is 1. The minimum Gasteiger partial charge on any atom is -0.493 e. The summed E-state index contributed by atoms with van der Waals surface area (Å²) in [5, 5.41) is 10.3. The van der Waals surface area contributed by atoms with Crippen LogP contribution in [-0.4, -0.2) is 44.6 Å². The van der Waals surface area contributed by atoms with E-state index in [-0.39, 0.29) is 25.5 Å². The maximum Gasteiger partial charge on any atom is 0.231 e. The van der Waals surface area contributed by atoms with Crippen LogP contribution < -0.4 is 18.9 Å². The van der Waals surface area contributed by atoms with Gasteiger partial charge in [-0.15, -0.1) is 0 Å². The number of halogens is 1. The van der Waals surface area contributed by atoms with E-state index in [1.807, 2.05) is 6.07 Å². The van der Waals surface area contributed by atoms with Crippen molar-refractivity contribution in [3.63, 3.8) is 0 Å². The normalized spacial score (nSPS) is 22.0. The topological polar surface area (TPSA) is 69.6 Å². The van der Waals surface area contributed by atoms with Crippen molar-refractivity contribution < 1.29 is 28.8 Å². The molecule has 5 rings (SSSR count). The van der Waals surface area contributed by atoms with E-state index in [4.69, 9.17) is 23.7 Å². The second kappa shape index (κ2) is 7.60. The number of aliphatic hydroxyl groups excluding tert-OH is 1. The maximum absolute atomic E-state index is 10.3. The largest absolute Gasteiger partial charge is 0.493 e. The molecule has 3 heterocycles. The second-order valence-corrected chi connectivity index (χ2v) is 8.48. The summed E-state index contributed by atoms with van der Waals surface area (Å²) in [4.78, 5) is 2.28. The van der Waals surface area contributed by atoms with Crippen LogP contribution in [0.25, 0.3) is 0 Å². The molecular weight excluding hydrogens is 454 g/mol. The molecule has 7 nitrogen and oxygen atoms in total. The molecule has 0 saturated carbocycles. The Morgan fingerprint density at radius 2 is 1.97 bits per heavy atom. The third-order valence-electron chi connectivity index (χ3n) is 6.33. The summed E-state index contributed by atoms with van der Waals surface area (Å²) in [6.45, 7) is 1.34. The molecule has 1 N–H and O–H groups in total. The molecule has 0 aromatic heterocycles. The van der Waals surface area contributed by atoms with Crippen LogP contribution in [0.4, 0.5) is 0 Å². The Balaban J connectivity index is 1.68. The lowest BCUT2D eigenvalue weighted by Crippen LogP contribution is -2.37. The lowest BCUT2D eigenvalue weighted by atomic mass is 9.83. The van der Waals surface area contributed by atoms with Crippen molar-refractivity contribution in [3.05, 3.63) is 44.4 Å². The molecule has 0 amide bonds. The fourth-order valence-electron chi connectivity index (χ4n) is 4.96. The Bertz CT molecular complexity index is 1010. The van der Waals surface area contributed by atoms with E-state index < -0.39 is 0 Å². The summed E-state index contributed by atoms with van der Waals surface area (Å²) >= 11 is 3.73. The van der Waals surface area contributed by atoms with Crippen LogP contribution >= 0.6 is 15.9 Å². The molecule has 0 aliphatic carbocycles. The van der Waals surface area contributed by atoms with Crippen LogP contribution in [0.1, 0.15) is 40.0 Å². The minimum atomic E-state index is -0.207. The molecule has 2 aromatic carbocycles. The predicted octanol–water partition coefficient (Wildman–Crippen LogP) is 3.49. The van der Waals surface area contributed by atoms with Crippen LogP contribution in [-0.2, 0) is 24.4 Å². The highest BCUT2D eigenvalue weighted by atomic mass is 79.9. The van der Waals surface area contributed by atoms with Gasteiger partial charge in [-0.3, -0.25) is 4.90 Å². The van der Waals surface area contributed by atoms with Gasteiger partial charge in [0, 0.05) is 17.7 Å². The van der Waals surface area contributed by atoms with Crippen LogP contribution in [0, 0.1) is 0 Å². The second-order valence-electron chi connectivity index (χ2n) is 7.68. The molecule has 30 heavy (non-hydrogen) atoms. The van der Waals surface area contributed by atoms with E-state index in [1.54, 1.807) is 14.2 Å². The molecule has 0 saturated heterocycles. The molecule has 0 radical (unpaired) electrons. The molecule has 2 aromatic rings. The van der Waals surface area contributed by atoms with Crippen molar-refractivity contribution in [1.29, 1.82) is 0 Å². The smallest absolute Gasteiger partial charge is 0.231 e. The number of benzene rings is 2. The molecule has 0 spiro atoms. The Kier molecular flexibility index (Phi) is 5.05. The molecule has 0 unspecified atom stereocenters. The summed E-state index contributed by atoms with van der Waals surface area (Å²) < 4.78 is 29.8. The van der Waals surface area contributed by atoms with Gasteiger partial charge in [0.1, 0.15) is 6.10 Å². The average molecular weight is 478 g/mol. The van der Waals surface area contributed by atoms with E-state index in [2.05, 4.69) is 33.9 Å². The highest BCUT2D eigenvalue weighted by Crippen LogP contribution is 2.55. The van der Waals surface area contributed by atoms with Crippen molar-refractivity contribution in [1.82, 2.24) is 4.90 Å². The number of methoxy groups -OCH3 is 2. The van der Waals surface area contributed by atoms with Gasteiger partial charge < -0.3 is 28.8 Å². The number of aliphatic hydroxyl groups is 1. The Hall–Kier alpha value is -2.00. The first-order chi connectivity index (χ1) is 14.6. The summed E-state index contributed by atoms with van der Waals surface area (Å²) in [5.74, 6) is 2.71. The average Bonchev–Trinajstić information content (AvgIpc) is 3.41. The lowest BCUT2D eigenvalue weighted by Gasteiger charge is -2.40. The number of ether oxygens (including phenoxy) is 5. The molecule has 8 heteroatoms. The van der Waals surface area contributed by atoms with Gasteiger partial charge in [-0.05, 0) is 52.2 Å². The molecule has 3 aliphatic heterocycles. The van der Waals surface area contributed by atoms with Gasteiger partial charge in [-0.1, -0.05) is 6.07 Å². The SMILES string of the molecule is COc1ccc2c(c1OC)CO[C@@H]2[C@H]1c2c(c(Br)c3c(c2CO)OCO3)CCN1C. The molecule has 2 atom stereocenters. The quantitative estimate of drug-likeness (QED) is 0.722. The highest BCUT2D eigenvalue weighted by Gasteiger charge is 2.43. The first-order valence-corrected chi connectivity index (χ1v) is 10.7. The first-order valence-electron chi connectivity index (χ1n) is 9.89. The van der Waals surface area contributed by atoms with Gasteiger partial charge in [0.2, 0.25) is 6.79 Å². The molecule has 0 bridgehead atoms. The Morgan fingerprint density at radius 3 is 2.70 bits per heavy atom. The predicted molar refractivity (Wildman–Crippen MR) is 112 cm³/mol. The third-order valence-corrected chi connectivity index (χ3v) is 7.17. The Labute approximate surface area is 183 Å². The van der Waals surface area contributed by atoms with Crippen molar-refractivity contribution in [3.8, 4) is 23.0 Å². The van der Waals surface area contributed by atoms with E-state index in [0.29, 0.717) is 29.6 Å². The zero-order valence-electron chi connectivity index (χ0n) is 17.2. The number of fused-ring (bicyclic) bond motifs is 3. The van der Waals surface area contributed by atoms with Gasteiger partial charge in [0.25, 0.3) is 0 Å². The fourth-order valence-corrected chi connectivity index (χ4v) is 5.67. The number of likely N-dealkylation sites (N-methyl/N-ethyl adjacent to an activating group) is 1. The van der Waals surface area contributed by atoms with E-state index in [1.165, 1.54) is 0 Å². The van der Waals surface area contributed by atoms with Crippen LogP contribution in [0.2, 0.25) is 0 Å². The third kappa shape index (κ3) is 2.74. The van der Waals surface area contributed by atoms with Gasteiger partial charge in [0.15, 0.2) is 23.0 Å². The van der Waals surface area contributed by atoms with Crippen LogP contribution in [0.15, 0.2) is 16.6 Å². The summed E-state index contributed by atoms with van der Waals surface area (Å²) in [7, 11) is 5.38. The van der Waals surface area contributed by atoms with Gasteiger partial charge in [0.05, 0.1) is 37.9 Å². The Morgan fingerprint density at radius 1 is 1.17 bits per heavy atom. The van der Waals surface area contributed by atoms with E-state index in [9.17, 15) is 5.11 Å². The van der Waals surface area contributed by atoms with Gasteiger partial charge in [-0.2, -0.15) is 0 Å². The fraction of sp³-hybridized carbons (Fsp3) is 0.455. The monoisotopic (exact) mass is 477 g/mol. The van der Waals surface area contributed by atoms with Gasteiger partial charge >= 0.3 is 0 Å². The van der Waals surface area contributed by atoms with Crippen LogP contribution in [0.5, 0.6) is 23.0 Å². The number of rotatable bonds is 4. The zero-order chi connectivity index (χ0) is 21.0. The summed E-state index contributed by atoms with van der Waals surface area (Å²) in [6.07, 6.45) is 0.638. The van der Waals surface area contributed by atoms with Crippen molar-refractivity contribution in [2.24, 2.45) is 0 Å². The van der Waals surface area contributed by atoms with Gasteiger partial charge in [-0.25, -0.2) is 0 Å². The number of hydrogen-bond donors (Lipinski definition) is 1. The zero-order valence-corrected chi connectivity index (χ0v) is 18.7. The highest BCUT2D eigenvalue weighted by molar-refractivity contribution is 9.10. The molecular formula is C22H24BrNO6. The first kappa shape index (κ1) is 19.9. The van der Waals surface area contributed by atoms with E-state index in [0.717, 1.165) is 45.3 Å². The van der Waals surface area contributed by atoms with Crippen LogP contribution in [0.3, 0.4) is 0 Å². The number of hydrogen-bond acceptors (Lipinski definition) is 7. The standard InChI is InChI=1S/C22H24BrNO6/c1-24-7-6-12-16(13(8-25)21-22(17(12)23)30-10-29-21)18(24)20-11-4-5-15(26-2)19(27-3)14(11)9-28-20/h4-5,18,20,25H,6-10H2,1-3H3/t18-,20+/m1/s1. The minimum absolute atomic E-state index is 0.0824. The van der Waals surface area contributed by atoms with Crippen molar-refractivity contribution in [2.75, 3.05) is 34.6 Å². The summed E-state index contributed by atoms with van der Waals surface area (Å²) in [6, 6.07) is 3.89. The summed E-state index contributed by atoms with van der Waals surface area (Å²) in [5.41, 5.74) is 5.05. The maximum atomic E-state index is 10.3. The lowest BCUT2D eigenvalue weighted by molar-refractivity contribution is -0.00472. The molecule has 0 fully saturated rings. The van der Waals surface area contributed by atoms with Crippen molar-refractivity contribution >= 4 is 15.9 Å². The molecule has 160 valence electrons. The van der Waals surface area contributed by atoms with Crippen molar-refractivity contribution in [2.45, 2.75) is 31.8 Å². The van der Waals surface area contributed by atoms with E-state index >= 15 is 0 Å².